The SMILES string of the molecule is CC(C)(C)[C@H](O)[C@H](N)c1cc(Cl)ccc1F. The van der Waals surface area contributed by atoms with Crippen LogP contribution in [0.25, 0.3) is 0 Å². The fourth-order valence-electron chi connectivity index (χ4n) is 1.48. The Balaban J connectivity index is 3.05. The van der Waals surface area contributed by atoms with E-state index in [1.807, 2.05) is 20.8 Å². The van der Waals surface area contributed by atoms with Crippen molar-refractivity contribution in [3.63, 3.8) is 0 Å². The molecule has 0 aromatic heterocycles. The van der Waals surface area contributed by atoms with Crippen molar-refractivity contribution in [2.75, 3.05) is 0 Å². The molecule has 90 valence electrons. The molecule has 16 heavy (non-hydrogen) atoms. The maximum Gasteiger partial charge on any atom is 0.128 e. The molecule has 1 aromatic rings. The third-order valence-electron chi connectivity index (χ3n) is 2.54. The number of halogens is 2. The lowest BCUT2D eigenvalue weighted by Gasteiger charge is -2.31. The monoisotopic (exact) mass is 245 g/mol. The quantitative estimate of drug-likeness (QED) is 0.842. The number of benzene rings is 1. The van der Waals surface area contributed by atoms with Gasteiger partial charge < -0.3 is 10.8 Å². The van der Waals surface area contributed by atoms with Gasteiger partial charge in [0.2, 0.25) is 0 Å². The molecule has 0 bridgehead atoms. The zero-order chi connectivity index (χ0) is 12.5. The van der Waals surface area contributed by atoms with Crippen LogP contribution in [-0.2, 0) is 0 Å². The van der Waals surface area contributed by atoms with E-state index in [4.69, 9.17) is 17.3 Å². The van der Waals surface area contributed by atoms with E-state index in [9.17, 15) is 9.50 Å². The zero-order valence-electron chi connectivity index (χ0n) is 9.67. The van der Waals surface area contributed by atoms with Crippen LogP contribution in [0.1, 0.15) is 32.4 Å². The minimum Gasteiger partial charge on any atom is -0.391 e. The van der Waals surface area contributed by atoms with Gasteiger partial charge in [0, 0.05) is 10.6 Å². The molecule has 0 spiro atoms. The average molecular weight is 246 g/mol. The molecule has 4 heteroatoms. The predicted octanol–water partition coefficient (Wildman–Crippen LogP) is 2.89. The van der Waals surface area contributed by atoms with Gasteiger partial charge in [0.15, 0.2) is 0 Å². The van der Waals surface area contributed by atoms with Crippen molar-refractivity contribution in [3.05, 3.63) is 34.6 Å². The molecule has 0 aliphatic carbocycles. The van der Waals surface area contributed by atoms with Gasteiger partial charge >= 0.3 is 0 Å². The highest BCUT2D eigenvalue weighted by Gasteiger charge is 2.30. The minimum absolute atomic E-state index is 0.245. The Morgan fingerprint density at radius 3 is 2.44 bits per heavy atom. The second-order valence-electron chi connectivity index (χ2n) is 5.00. The summed E-state index contributed by atoms with van der Waals surface area (Å²) in [6, 6.07) is 3.39. The summed E-state index contributed by atoms with van der Waals surface area (Å²) < 4.78 is 13.5. The Kier molecular flexibility index (Phi) is 3.94. The minimum atomic E-state index is -0.833. The molecule has 2 atom stereocenters. The number of aliphatic hydroxyl groups excluding tert-OH is 1. The van der Waals surface area contributed by atoms with Crippen molar-refractivity contribution in [2.45, 2.75) is 32.9 Å². The second kappa shape index (κ2) is 4.70. The van der Waals surface area contributed by atoms with Crippen LogP contribution in [0.4, 0.5) is 4.39 Å². The highest BCUT2D eigenvalue weighted by atomic mass is 35.5. The number of aliphatic hydroxyl groups is 1. The van der Waals surface area contributed by atoms with E-state index in [2.05, 4.69) is 0 Å². The molecule has 0 radical (unpaired) electrons. The molecular weight excluding hydrogens is 229 g/mol. The summed E-state index contributed by atoms with van der Waals surface area (Å²) in [5.41, 5.74) is 5.68. The van der Waals surface area contributed by atoms with Crippen LogP contribution in [0.5, 0.6) is 0 Å². The standard InChI is InChI=1S/C12H17ClFNO/c1-12(2,3)11(16)10(15)8-6-7(13)4-5-9(8)14/h4-6,10-11,16H,15H2,1-3H3/t10-,11-/m1/s1. The number of nitrogens with two attached hydrogens (primary N) is 1. The van der Waals surface area contributed by atoms with E-state index in [0.717, 1.165) is 0 Å². The van der Waals surface area contributed by atoms with Gasteiger partial charge in [-0.2, -0.15) is 0 Å². The van der Waals surface area contributed by atoms with Gasteiger partial charge in [0.05, 0.1) is 12.1 Å². The predicted molar refractivity (Wildman–Crippen MR) is 63.8 cm³/mol. The highest BCUT2D eigenvalue weighted by molar-refractivity contribution is 6.30. The molecule has 0 aliphatic heterocycles. The smallest absolute Gasteiger partial charge is 0.128 e. The van der Waals surface area contributed by atoms with Crippen LogP contribution < -0.4 is 5.73 Å². The van der Waals surface area contributed by atoms with Crippen molar-refractivity contribution >= 4 is 11.6 Å². The summed E-state index contributed by atoms with van der Waals surface area (Å²) in [6.45, 7) is 5.54. The van der Waals surface area contributed by atoms with Gasteiger partial charge in [-0.25, -0.2) is 4.39 Å². The van der Waals surface area contributed by atoms with Gasteiger partial charge in [-0.15, -0.1) is 0 Å². The van der Waals surface area contributed by atoms with Crippen LogP contribution in [0.2, 0.25) is 5.02 Å². The first-order valence-electron chi connectivity index (χ1n) is 5.12. The summed E-state index contributed by atoms with van der Waals surface area (Å²) in [5.74, 6) is -0.444. The normalized spacial score (nSPS) is 15.9. The highest BCUT2D eigenvalue weighted by Crippen LogP contribution is 2.30. The lowest BCUT2D eigenvalue weighted by atomic mass is 9.82. The average Bonchev–Trinajstić information content (AvgIpc) is 2.18. The molecule has 1 aromatic carbocycles. The first-order chi connectivity index (χ1) is 7.23. The second-order valence-corrected chi connectivity index (χ2v) is 5.44. The molecule has 0 saturated carbocycles. The number of hydrogen-bond acceptors (Lipinski definition) is 2. The van der Waals surface area contributed by atoms with E-state index >= 15 is 0 Å². The molecule has 0 amide bonds. The largest absolute Gasteiger partial charge is 0.391 e. The third-order valence-corrected chi connectivity index (χ3v) is 2.78. The summed E-state index contributed by atoms with van der Waals surface area (Å²) in [6.07, 6.45) is -0.833. The maximum atomic E-state index is 13.5. The molecule has 0 fully saturated rings. The summed E-state index contributed by atoms with van der Waals surface area (Å²) >= 11 is 5.78. The van der Waals surface area contributed by atoms with Crippen molar-refractivity contribution in [3.8, 4) is 0 Å². The number of rotatable bonds is 2. The molecule has 0 saturated heterocycles. The van der Waals surface area contributed by atoms with E-state index in [1.165, 1.54) is 18.2 Å². The zero-order valence-corrected chi connectivity index (χ0v) is 10.4. The van der Waals surface area contributed by atoms with E-state index in [-0.39, 0.29) is 5.56 Å². The van der Waals surface area contributed by atoms with E-state index in [1.54, 1.807) is 0 Å². The molecule has 0 heterocycles. The Bertz CT molecular complexity index is 376. The molecule has 0 aliphatic rings. The Morgan fingerprint density at radius 1 is 1.38 bits per heavy atom. The van der Waals surface area contributed by atoms with Gasteiger partial charge in [-0.3, -0.25) is 0 Å². The summed E-state index contributed by atoms with van der Waals surface area (Å²) in [5, 5.41) is 10.4. The Morgan fingerprint density at radius 2 is 1.94 bits per heavy atom. The van der Waals surface area contributed by atoms with Crippen molar-refractivity contribution in [1.82, 2.24) is 0 Å². The lowest BCUT2D eigenvalue weighted by molar-refractivity contribution is 0.0391. The topological polar surface area (TPSA) is 46.2 Å². The fraction of sp³-hybridized carbons (Fsp3) is 0.500. The Labute approximate surface area is 100 Å². The third kappa shape index (κ3) is 2.94. The molecule has 0 unspecified atom stereocenters. The molecule has 1 rings (SSSR count). The lowest BCUT2D eigenvalue weighted by Crippen LogP contribution is -2.37. The molecular formula is C12H17ClFNO. The van der Waals surface area contributed by atoms with Gasteiger partial charge in [0.25, 0.3) is 0 Å². The van der Waals surface area contributed by atoms with E-state index in [0.29, 0.717) is 5.02 Å². The fourth-order valence-corrected chi connectivity index (χ4v) is 1.66. The summed E-state index contributed by atoms with van der Waals surface area (Å²) in [7, 11) is 0. The van der Waals surface area contributed by atoms with Crippen LogP contribution in [0.3, 0.4) is 0 Å². The number of hydrogen-bond donors (Lipinski definition) is 2. The maximum absolute atomic E-state index is 13.5. The van der Waals surface area contributed by atoms with Crippen molar-refractivity contribution < 1.29 is 9.50 Å². The van der Waals surface area contributed by atoms with Gasteiger partial charge in [0.1, 0.15) is 5.82 Å². The van der Waals surface area contributed by atoms with Crippen LogP contribution >= 0.6 is 11.6 Å². The summed E-state index contributed by atoms with van der Waals surface area (Å²) in [4.78, 5) is 0. The van der Waals surface area contributed by atoms with Gasteiger partial charge in [-0.05, 0) is 23.6 Å². The molecule has 3 N–H and O–H groups in total. The van der Waals surface area contributed by atoms with Crippen molar-refractivity contribution in [2.24, 2.45) is 11.1 Å². The first-order valence-corrected chi connectivity index (χ1v) is 5.50. The van der Waals surface area contributed by atoms with Gasteiger partial charge in [-0.1, -0.05) is 32.4 Å². The van der Waals surface area contributed by atoms with E-state index < -0.39 is 23.4 Å². The van der Waals surface area contributed by atoms with Crippen LogP contribution in [0.15, 0.2) is 18.2 Å². The van der Waals surface area contributed by atoms with Crippen LogP contribution in [-0.4, -0.2) is 11.2 Å². The molecule has 2 nitrogen and oxygen atoms in total. The van der Waals surface area contributed by atoms with Crippen LogP contribution in [0, 0.1) is 11.2 Å². The Hall–Kier alpha value is -0.640. The van der Waals surface area contributed by atoms with Crippen molar-refractivity contribution in [1.29, 1.82) is 0 Å². The first kappa shape index (κ1) is 13.4.